The molecule has 3 aliphatic rings. The number of para-hydroxylation sites is 1. The fraction of sp³-hybridized carbons (Fsp3) is 0.400. The highest BCUT2D eigenvalue weighted by Crippen LogP contribution is 2.45. The van der Waals surface area contributed by atoms with E-state index in [0.717, 1.165) is 31.2 Å². The first-order chi connectivity index (χ1) is 18.9. The van der Waals surface area contributed by atoms with Crippen molar-refractivity contribution in [3.63, 3.8) is 0 Å². The average Bonchev–Trinajstić information content (AvgIpc) is 3.37. The maximum Gasteiger partial charge on any atom is 0.330 e. The van der Waals surface area contributed by atoms with Crippen LogP contribution in [-0.2, 0) is 20.9 Å². The number of benzene rings is 2. The molecule has 204 valence electrons. The third kappa shape index (κ3) is 5.07. The van der Waals surface area contributed by atoms with Crippen LogP contribution in [0.5, 0.6) is 0 Å². The Morgan fingerprint density at radius 1 is 1.10 bits per heavy atom. The Bertz CT molecular complexity index is 1400. The smallest absolute Gasteiger partial charge is 0.330 e. The van der Waals surface area contributed by atoms with Gasteiger partial charge in [0.15, 0.2) is 11.6 Å². The molecule has 0 unspecified atom stereocenters. The topological polar surface area (TPSA) is 56.6 Å². The van der Waals surface area contributed by atoms with Crippen molar-refractivity contribution in [2.75, 3.05) is 18.1 Å². The number of rotatable bonds is 9. The van der Waals surface area contributed by atoms with Gasteiger partial charge in [-0.05, 0) is 80.0 Å². The van der Waals surface area contributed by atoms with Gasteiger partial charge in [0.05, 0.1) is 36.9 Å². The Balaban J connectivity index is 1.13. The number of carbonyl (C=O) groups is 1. The van der Waals surface area contributed by atoms with E-state index < -0.39 is 17.6 Å². The van der Waals surface area contributed by atoms with Crippen LogP contribution in [0, 0.1) is 23.4 Å². The molecule has 0 N–H and O–H groups in total. The van der Waals surface area contributed by atoms with Crippen LogP contribution in [0.4, 0.5) is 18.9 Å². The van der Waals surface area contributed by atoms with Gasteiger partial charge in [0.2, 0.25) is 0 Å². The SMILES string of the molecule is CCOC(=O)/C=C/c1ccc(N2C[C@@H]3C[C@H]2C[C@H]3OCc2c(C3CC3)cnn2-c2c(F)cccc2F)c(F)c1. The van der Waals surface area contributed by atoms with Crippen molar-refractivity contribution in [3.8, 4) is 5.69 Å². The Morgan fingerprint density at radius 3 is 2.56 bits per heavy atom. The molecule has 6 rings (SSSR count). The lowest BCUT2D eigenvalue weighted by Gasteiger charge is -2.33. The van der Waals surface area contributed by atoms with Crippen LogP contribution in [0.15, 0.2) is 48.7 Å². The molecule has 2 bridgehead atoms. The number of esters is 1. The summed E-state index contributed by atoms with van der Waals surface area (Å²) < 4.78 is 56.8. The summed E-state index contributed by atoms with van der Waals surface area (Å²) in [5, 5.41) is 4.34. The predicted octanol–water partition coefficient (Wildman–Crippen LogP) is 5.93. The van der Waals surface area contributed by atoms with Gasteiger partial charge in [0, 0.05) is 24.6 Å². The fourth-order valence-electron chi connectivity index (χ4n) is 5.96. The summed E-state index contributed by atoms with van der Waals surface area (Å²) in [4.78, 5) is 13.6. The maximum absolute atomic E-state index is 15.0. The number of ether oxygens (including phenoxy) is 2. The van der Waals surface area contributed by atoms with Crippen LogP contribution in [0.1, 0.15) is 55.3 Å². The van der Waals surface area contributed by atoms with E-state index in [4.69, 9.17) is 9.47 Å². The van der Waals surface area contributed by atoms with E-state index in [0.29, 0.717) is 29.4 Å². The Hall–Kier alpha value is -3.59. The summed E-state index contributed by atoms with van der Waals surface area (Å²) >= 11 is 0. The molecule has 2 saturated carbocycles. The number of halogens is 3. The van der Waals surface area contributed by atoms with E-state index in [-0.39, 0.29) is 42.8 Å². The van der Waals surface area contributed by atoms with E-state index >= 15 is 4.39 Å². The van der Waals surface area contributed by atoms with Crippen molar-refractivity contribution in [1.82, 2.24) is 9.78 Å². The average molecular weight is 538 g/mol. The molecular formula is C30H30F3N3O3. The Labute approximate surface area is 225 Å². The highest BCUT2D eigenvalue weighted by Gasteiger charge is 2.46. The lowest BCUT2D eigenvalue weighted by atomic mass is 10.0. The summed E-state index contributed by atoms with van der Waals surface area (Å²) in [5.41, 5.74) is 2.63. The Kier molecular flexibility index (Phi) is 6.93. The van der Waals surface area contributed by atoms with Gasteiger partial charge in [-0.1, -0.05) is 12.1 Å². The minimum atomic E-state index is -0.665. The van der Waals surface area contributed by atoms with Gasteiger partial charge in [0.1, 0.15) is 11.5 Å². The van der Waals surface area contributed by atoms with Crippen molar-refractivity contribution in [1.29, 1.82) is 0 Å². The molecule has 0 radical (unpaired) electrons. The summed E-state index contributed by atoms with van der Waals surface area (Å²) in [6, 6.07) is 8.91. The van der Waals surface area contributed by atoms with Gasteiger partial charge in [-0.15, -0.1) is 0 Å². The molecule has 2 heterocycles. The molecule has 0 spiro atoms. The van der Waals surface area contributed by atoms with Crippen LogP contribution in [0.3, 0.4) is 0 Å². The molecule has 39 heavy (non-hydrogen) atoms. The molecule has 9 heteroatoms. The summed E-state index contributed by atoms with van der Waals surface area (Å²) in [5.74, 6) is -1.56. The van der Waals surface area contributed by atoms with Gasteiger partial charge >= 0.3 is 5.97 Å². The number of hydrogen-bond acceptors (Lipinski definition) is 5. The molecule has 0 amide bonds. The van der Waals surface area contributed by atoms with Crippen molar-refractivity contribution in [3.05, 3.63) is 82.9 Å². The zero-order valence-electron chi connectivity index (χ0n) is 21.7. The second-order valence-electron chi connectivity index (χ2n) is 10.5. The molecular weight excluding hydrogens is 507 g/mol. The number of piperidine rings is 1. The summed E-state index contributed by atoms with van der Waals surface area (Å²) in [7, 11) is 0. The molecule has 3 fully saturated rings. The molecule has 2 aliphatic carbocycles. The molecule has 2 aromatic carbocycles. The number of anilines is 1. The number of aromatic nitrogens is 2. The molecule has 6 nitrogen and oxygen atoms in total. The molecule has 3 atom stereocenters. The normalized spacial score (nSPS) is 22.3. The zero-order valence-corrected chi connectivity index (χ0v) is 21.7. The van der Waals surface area contributed by atoms with E-state index in [1.54, 1.807) is 31.3 Å². The number of carbonyl (C=O) groups excluding carboxylic acids is 1. The molecule has 1 aromatic heterocycles. The lowest BCUT2D eigenvalue weighted by molar-refractivity contribution is -0.137. The van der Waals surface area contributed by atoms with Crippen LogP contribution in [0.25, 0.3) is 11.8 Å². The fourth-order valence-corrected chi connectivity index (χ4v) is 5.96. The van der Waals surface area contributed by atoms with E-state index in [1.807, 2.05) is 0 Å². The van der Waals surface area contributed by atoms with Gasteiger partial charge in [-0.3, -0.25) is 0 Å². The Morgan fingerprint density at radius 2 is 1.90 bits per heavy atom. The first-order valence-corrected chi connectivity index (χ1v) is 13.5. The lowest BCUT2D eigenvalue weighted by Crippen LogP contribution is -2.39. The van der Waals surface area contributed by atoms with Crippen LogP contribution < -0.4 is 4.90 Å². The quantitative estimate of drug-likeness (QED) is 0.250. The van der Waals surface area contributed by atoms with Gasteiger partial charge in [0.25, 0.3) is 0 Å². The summed E-state index contributed by atoms with van der Waals surface area (Å²) in [6.07, 6.45) is 8.22. The van der Waals surface area contributed by atoms with E-state index in [9.17, 15) is 13.6 Å². The number of fused-ring (bicyclic) bond motifs is 2. The van der Waals surface area contributed by atoms with E-state index in [2.05, 4.69) is 10.00 Å². The van der Waals surface area contributed by atoms with Crippen molar-refractivity contribution in [2.24, 2.45) is 5.92 Å². The molecule has 1 saturated heterocycles. The minimum Gasteiger partial charge on any atom is -0.463 e. The van der Waals surface area contributed by atoms with Crippen LogP contribution in [0.2, 0.25) is 0 Å². The van der Waals surface area contributed by atoms with E-state index in [1.165, 1.54) is 35.0 Å². The molecule has 3 aromatic rings. The first kappa shape index (κ1) is 25.7. The van der Waals surface area contributed by atoms with Crippen LogP contribution in [-0.4, -0.2) is 41.0 Å². The van der Waals surface area contributed by atoms with Crippen molar-refractivity contribution >= 4 is 17.7 Å². The second kappa shape index (κ2) is 10.5. The second-order valence-corrected chi connectivity index (χ2v) is 10.5. The highest BCUT2D eigenvalue weighted by atomic mass is 19.1. The largest absolute Gasteiger partial charge is 0.463 e. The minimum absolute atomic E-state index is 0.0260. The molecule has 1 aliphatic heterocycles. The maximum atomic E-state index is 15.0. The predicted molar refractivity (Wildman–Crippen MR) is 140 cm³/mol. The van der Waals surface area contributed by atoms with Gasteiger partial charge < -0.3 is 14.4 Å². The first-order valence-electron chi connectivity index (χ1n) is 13.5. The van der Waals surface area contributed by atoms with Crippen molar-refractivity contribution in [2.45, 2.75) is 57.3 Å². The third-order valence-corrected chi connectivity index (χ3v) is 7.96. The highest BCUT2D eigenvalue weighted by molar-refractivity contribution is 5.87. The van der Waals surface area contributed by atoms with Crippen LogP contribution >= 0.6 is 0 Å². The van der Waals surface area contributed by atoms with Gasteiger partial charge in [-0.2, -0.15) is 5.10 Å². The zero-order chi connectivity index (χ0) is 27.1. The number of hydrogen-bond donors (Lipinski definition) is 0. The third-order valence-electron chi connectivity index (χ3n) is 7.96. The summed E-state index contributed by atoms with van der Waals surface area (Å²) in [6.45, 7) is 2.89. The standard InChI is InChI=1S/C30H30F3N3O3/c1-2-38-29(37)11-7-18-6-10-26(25(33)12-18)35-16-20-13-21(35)14-28(20)39-17-27-22(19-8-9-19)15-34-36(27)30-23(31)4-3-5-24(30)32/h3-7,10-12,15,19-21,28H,2,8-9,13-14,16-17H2,1H3/b11-7+/t20-,21-,28+/m0/s1. The van der Waals surface area contributed by atoms with Crippen molar-refractivity contribution < 1.29 is 27.4 Å². The monoisotopic (exact) mass is 537 g/mol. The van der Waals surface area contributed by atoms with Gasteiger partial charge in [-0.25, -0.2) is 22.6 Å². The number of nitrogens with zero attached hydrogens (tertiary/aromatic N) is 3.